The Balaban J connectivity index is 2.07. The van der Waals surface area contributed by atoms with Crippen molar-refractivity contribution in [2.75, 3.05) is 23.9 Å². The molecule has 0 atom stereocenters. The monoisotopic (exact) mass is 284 g/mol. The molecule has 0 fully saturated rings. The van der Waals surface area contributed by atoms with Crippen molar-refractivity contribution in [2.24, 2.45) is 0 Å². The summed E-state index contributed by atoms with van der Waals surface area (Å²) in [5, 5.41) is 3.30. The van der Waals surface area contributed by atoms with Crippen LogP contribution in [0.4, 0.5) is 5.95 Å². The van der Waals surface area contributed by atoms with Crippen LogP contribution in [0.15, 0.2) is 18.7 Å². The van der Waals surface area contributed by atoms with Gasteiger partial charge in [-0.05, 0) is 30.0 Å². The predicted molar refractivity (Wildman–Crippen MR) is 73.4 cm³/mol. The molecule has 18 heavy (non-hydrogen) atoms. The van der Waals surface area contributed by atoms with E-state index in [4.69, 9.17) is 11.6 Å². The van der Waals surface area contributed by atoms with Crippen LogP contribution in [0.1, 0.15) is 6.42 Å². The highest BCUT2D eigenvalue weighted by Gasteiger charge is 2.05. The van der Waals surface area contributed by atoms with E-state index in [1.807, 2.05) is 11.8 Å². The Morgan fingerprint density at radius 1 is 1.39 bits per heavy atom. The number of hydrogen-bond acceptors (Lipinski definition) is 6. The zero-order valence-corrected chi connectivity index (χ0v) is 11.4. The van der Waals surface area contributed by atoms with Crippen LogP contribution in [0.5, 0.6) is 0 Å². The van der Waals surface area contributed by atoms with Crippen LogP contribution in [0.3, 0.4) is 0 Å². The maximum absolute atomic E-state index is 5.87. The summed E-state index contributed by atoms with van der Waals surface area (Å²) >= 11 is 7.68. The minimum absolute atomic E-state index is 0.168. The van der Waals surface area contributed by atoms with Gasteiger partial charge in [0, 0.05) is 18.9 Å². The molecule has 0 radical (unpaired) electrons. The number of hydrogen-bond donors (Lipinski definition) is 1. The van der Waals surface area contributed by atoms with Crippen LogP contribution < -0.4 is 5.32 Å². The third-order valence-corrected chi connectivity index (χ3v) is 3.01. The Labute approximate surface area is 114 Å². The molecule has 8 heteroatoms. The summed E-state index contributed by atoms with van der Waals surface area (Å²) < 4.78 is 1.68. The van der Waals surface area contributed by atoms with E-state index in [9.17, 15) is 0 Å². The fourth-order valence-corrected chi connectivity index (χ4v) is 1.92. The molecule has 0 amide bonds. The molecule has 2 rings (SSSR count). The number of nitrogens with zero attached hydrogens (tertiary/aromatic N) is 5. The summed E-state index contributed by atoms with van der Waals surface area (Å²) in [4.78, 5) is 16.3. The molecule has 0 unspecified atom stereocenters. The lowest BCUT2D eigenvalue weighted by molar-refractivity contribution is 0.880. The molecule has 0 bridgehead atoms. The van der Waals surface area contributed by atoms with E-state index in [0.29, 0.717) is 11.9 Å². The molecule has 0 aliphatic heterocycles. The van der Waals surface area contributed by atoms with Gasteiger partial charge in [0.2, 0.25) is 17.2 Å². The number of anilines is 1. The highest BCUT2D eigenvalue weighted by molar-refractivity contribution is 7.98. The van der Waals surface area contributed by atoms with Gasteiger partial charge in [-0.3, -0.25) is 4.57 Å². The van der Waals surface area contributed by atoms with Gasteiger partial charge in [-0.15, -0.1) is 0 Å². The van der Waals surface area contributed by atoms with Gasteiger partial charge in [-0.25, -0.2) is 4.98 Å². The second kappa shape index (κ2) is 6.55. The minimum Gasteiger partial charge on any atom is -0.354 e. The molecule has 2 heterocycles. The highest BCUT2D eigenvalue weighted by atomic mass is 35.5. The highest BCUT2D eigenvalue weighted by Crippen LogP contribution is 2.09. The lowest BCUT2D eigenvalue weighted by Gasteiger charge is -2.06. The molecule has 0 aliphatic carbocycles. The van der Waals surface area contributed by atoms with Gasteiger partial charge in [-0.1, -0.05) is 0 Å². The van der Waals surface area contributed by atoms with Gasteiger partial charge >= 0.3 is 0 Å². The number of nitrogens with one attached hydrogen (secondary N) is 1. The van der Waals surface area contributed by atoms with Gasteiger partial charge in [0.25, 0.3) is 0 Å². The summed E-state index contributed by atoms with van der Waals surface area (Å²) in [6.07, 6.45) is 8.15. The quantitative estimate of drug-likeness (QED) is 0.817. The topological polar surface area (TPSA) is 68.5 Å². The van der Waals surface area contributed by atoms with Crippen molar-refractivity contribution in [3.8, 4) is 5.95 Å². The molecule has 0 saturated heterocycles. The van der Waals surface area contributed by atoms with E-state index >= 15 is 0 Å². The Hall–Kier alpha value is -1.34. The van der Waals surface area contributed by atoms with Crippen LogP contribution in [0.25, 0.3) is 5.95 Å². The third-order valence-electron chi connectivity index (χ3n) is 2.14. The normalized spacial score (nSPS) is 10.6. The van der Waals surface area contributed by atoms with E-state index in [1.165, 1.54) is 0 Å². The Bertz CT molecular complexity index is 489. The smallest absolute Gasteiger partial charge is 0.241 e. The van der Waals surface area contributed by atoms with Crippen LogP contribution in [-0.2, 0) is 0 Å². The van der Waals surface area contributed by atoms with Gasteiger partial charge in [0.15, 0.2) is 0 Å². The van der Waals surface area contributed by atoms with Crippen LogP contribution in [0, 0.1) is 0 Å². The van der Waals surface area contributed by atoms with Gasteiger partial charge < -0.3 is 5.32 Å². The zero-order valence-electron chi connectivity index (χ0n) is 9.88. The van der Waals surface area contributed by atoms with E-state index in [1.54, 1.807) is 23.3 Å². The number of rotatable bonds is 6. The van der Waals surface area contributed by atoms with E-state index < -0.39 is 0 Å². The number of halogens is 1. The fourth-order valence-electron chi connectivity index (χ4n) is 1.33. The summed E-state index contributed by atoms with van der Waals surface area (Å²) in [6, 6.07) is 0. The second-order valence-corrected chi connectivity index (χ2v) is 4.79. The van der Waals surface area contributed by atoms with Gasteiger partial charge in [-0.2, -0.15) is 26.7 Å². The fraction of sp³-hybridized carbons (Fsp3) is 0.400. The van der Waals surface area contributed by atoms with Crippen molar-refractivity contribution in [3.63, 3.8) is 0 Å². The average Bonchev–Trinajstić information content (AvgIpc) is 2.88. The molecule has 96 valence electrons. The first-order chi connectivity index (χ1) is 8.79. The number of thioether (sulfide) groups is 1. The van der Waals surface area contributed by atoms with Crippen LogP contribution >= 0.6 is 23.4 Å². The van der Waals surface area contributed by atoms with E-state index in [-0.39, 0.29) is 5.28 Å². The Kier molecular flexibility index (Phi) is 4.77. The first-order valence-electron chi connectivity index (χ1n) is 5.42. The Morgan fingerprint density at radius 2 is 2.28 bits per heavy atom. The van der Waals surface area contributed by atoms with Crippen molar-refractivity contribution < 1.29 is 0 Å². The molecule has 0 aliphatic rings. The second-order valence-electron chi connectivity index (χ2n) is 3.47. The van der Waals surface area contributed by atoms with E-state index in [0.717, 1.165) is 18.7 Å². The molecule has 2 aromatic rings. The standard InChI is InChI=1S/C10H13ClN6S/c1-18-6-2-3-13-9-14-8(11)15-10(16-9)17-5-4-12-7-17/h4-5,7H,2-3,6H2,1H3,(H,13,14,15,16). The minimum atomic E-state index is 0.168. The van der Waals surface area contributed by atoms with Crippen molar-refractivity contribution >= 4 is 29.3 Å². The number of aromatic nitrogens is 5. The first kappa shape index (κ1) is 13.1. The number of imidazole rings is 1. The first-order valence-corrected chi connectivity index (χ1v) is 7.19. The molecule has 1 N–H and O–H groups in total. The summed E-state index contributed by atoms with van der Waals surface area (Å²) in [6.45, 7) is 0.810. The lowest BCUT2D eigenvalue weighted by atomic mass is 10.5. The molecule has 0 spiro atoms. The van der Waals surface area contributed by atoms with Crippen molar-refractivity contribution in [1.82, 2.24) is 24.5 Å². The van der Waals surface area contributed by atoms with Crippen molar-refractivity contribution in [1.29, 1.82) is 0 Å². The maximum atomic E-state index is 5.87. The average molecular weight is 285 g/mol. The summed E-state index contributed by atoms with van der Waals surface area (Å²) in [5.74, 6) is 2.04. The molecule has 0 saturated carbocycles. The van der Waals surface area contributed by atoms with Crippen LogP contribution in [-0.4, -0.2) is 43.1 Å². The molecule has 0 aromatic carbocycles. The Morgan fingerprint density at radius 3 is 3.00 bits per heavy atom. The van der Waals surface area contributed by atoms with Gasteiger partial charge in [0.1, 0.15) is 6.33 Å². The summed E-state index contributed by atoms with van der Waals surface area (Å²) in [5.41, 5.74) is 0. The molecular formula is C10H13ClN6S. The molecule has 6 nitrogen and oxygen atoms in total. The third kappa shape index (κ3) is 3.58. The largest absolute Gasteiger partial charge is 0.354 e. The maximum Gasteiger partial charge on any atom is 0.241 e. The molecular weight excluding hydrogens is 272 g/mol. The predicted octanol–water partition coefficient (Wildman–Crippen LogP) is 1.88. The van der Waals surface area contributed by atoms with Crippen molar-refractivity contribution in [3.05, 3.63) is 24.0 Å². The summed E-state index contributed by atoms with van der Waals surface area (Å²) in [7, 11) is 0. The zero-order chi connectivity index (χ0) is 12.8. The lowest BCUT2D eigenvalue weighted by Crippen LogP contribution is -2.10. The van der Waals surface area contributed by atoms with Gasteiger partial charge in [0.05, 0.1) is 0 Å². The van der Waals surface area contributed by atoms with Crippen molar-refractivity contribution in [2.45, 2.75) is 6.42 Å². The van der Waals surface area contributed by atoms with E-state index in [2.05, 4.69) is 31.5 Å². The van der Waals surface area contributed by atoms with Crippen LogP contribution in [0.2, 0.25) is 5.28 Å². The molecule has 2 aromatic heterocycles. The SMILES string of the molecule is CSCCCNc1nc(Cl)nc(-n2ccnc2)n1.